The van der Waals surface area contributed by atoms with Crippen LogP contribution in [0.25, 0.3) is 0 Å². The van der Waals surface area contributed by atoms with E-state index >= 15 is 0 Å². The van der Waals surface area contributed by atoms with E-state index in [9.17, 15) is 8.42 Å². The normalized spacial score (nSPS) is 18.5. The number of hydrogen-bond donors (Lipinski definition) is 4. The third-order valence-electron chi connectivity index (χ3n) is 1.98. The first-order valence-electron chi connectivity index (χ1n) is 4.44. The lowest BCUT2D eigenvalue weighted by molar-refractivity contribution is 0.121. The molecule has 0 amide bonds. The first-order valence-corrected chi connectivity index (χ1v) is 5.92. The van der Waals surface area contributed by atoms with Gasteiger partial charge in [0.15, 0.2) is 0 Å². The van der Waals surface area contributed by atoms with Gasteiger partial charge in [0.2, 0.25) is 0 Å². The van der Waals surface area contributed by atoms with Crippen LogP contribution in [0.3, 0.4) is 0 Å². The van der Waals surface area contributed by atoms with Gasteiger partial charge in [-0.15, -0.1) is 0 Å². The molecule has 0 aliphatic heterocycles. The van der Waals surface area contributed by atoms with Gasteiger partial charge in [0.1, 0.15) is 0 Å². The van der Waals surface area contributed by atoms with Crippen molar-refractivity contribution in [1.82, 2.24) is 9.44 Å². The van der Waals surface area contributed by atoms with Crippen LogP contribution < -0.4 is 9.44 Å². The van der Waals surface area contributed by atoms with Crippen molar-refractivity contribution in [2.75, 3.05) is 13.2 Å². The molecule has 14 heavy (non-hydrogen) atoms. The summed E-state index contributed by atoms with van der Waals surface area (Å²) in [5.74, 6) is 0. The van der Waals surface area contributed by atoms with Crippen LogP contribution in [0.15, 0.2) is 0 Å². The zero-order valence-corrected chi connectivity index (χ0v) is 8.84. The Labute approximate surface area is 83.5 Å². The van der Waals surface area contributed by atoms with Gasteiger partial charge in [-0.25, -0.2) is 0 Å². The molecule has 0 unspecified atom stereocenters. The predicted octanol–water partition coefficient (Wildman–Crippen LogP) is -1.68. The van der Waals surface area contributed by atoms with E-state index in [1.807, 2.05) is 0 Å². The highest BCUT2D eigenvalue weighted by atomic mass is 32.2. The molecule has 0 saturated heterocycles. The van der Waals surface area contributed by atoms with Crippen molar-refractivity contribution in [3.63, 3.8) is 0 Å². The molecular weight excluding hydrogens is 208 g/mol. The van der Waals surface area contributed by atoms with Crippen molar-refractivity contribution in [1.29, 1.82) is 0 Å². The largest absolute Gasteiger partial charge is 0.394 e. The maximum Gasteiger partial charge on any atom is 0.277 e. The molecule has 0 heterocycles. The Morgan fingerprint density at radius 3 is 2.21 bits per heavy atom. The lowest BCUT2D eigenvalue weighted by Gasteiger charge is -2.25. The summed E-state index contributed by atoms with van der Waals surface area (Å²) in [5, 5.41) is 17.8. The van der Waals surface area contributed by atoms with Gasteiger partial charge < -0.3 is 10.2 Å². The van der Waals surface area contributed by atoms with Crippen LogP contribution in [0.1, 0.15) is 19.8 Å². The smallest absolute Gasteiger partial charge is 0.277 e. The SMILES string of the molecule is CC(CO)(CO)NS(=O)(=O)NC1CC1. The van der Waals surface area contributed by atoms with Gasteiger partial charge in [-0.2, -0.15) is 17.9 Å². The molecule has 84 valence electrons. The van der Waals surface area contributed by atoms with E-state index in [2.05, 4.69) is 9.44 Å². The molecule has 0 radical (unpaired) electrons. The summed E-state index contributed by atoms with van der Waals surface area (Å²) in [6, 6.07) is 0.00846. The van der Waals surface area contributed by atoms with Gasteiger partial charge in [0.25, 0.3) is 10.2 Å². The van der Waals surface area contributed by atoms with Crippen LogP contribution in [0.4, 0.5) is 0 Å². The molecule has 0 aromatic carbocycles. The van der Waals surface area contributed by atoms with Crippen LogP contribution in [-0.2, 0) is 10.2 Å². The first kappa shape index (κ1) is 11.9. The Morgan fingerprint density at radius 1 is 1.36 bits per heavy atom. The van der Waals surface area contributed by atoms with E-state index in [1.54, 1.807) is 0 Å². The molecule has 7 heteroatoms. The topological polar surface area (TPSA) is 98.7 Å². The van der Waals surface area contributed by atoms with Crippen LogP contribution in [0.5, 0.6) is 0 Å². The highest BCUT2D eigenvalue weighted by molar-refractivity contribution is 7.87. The molecule has 1 rings (SSSR count). The van der Waals surface area contributed by atoms with Crippen LogP contribution >= 0.6 is 0 Å². The Kier molecular flexibility index (Phi) is 3.49. The molecule has 0 spiro atoms. The van der Waals surface area contributed by atoms with Crippen molar-refractivity contribution in [3.05, 3.63) is 0 Å². The second-order valence-electron chi connectivity index (χ2n) is 3.87. The van der Waals surface area contributed by atoms with E-state index in [0.717, 1.165) is 12.8 Å². The van der Waals surface area contributed by atoms with E-state index in [0.29, 0.717) is 0 Å². The zero-order valence-electron chi connectivity index (χ0n) is 8.02. The Bertz CT molecular complexity index is 282. The number of rotatable bonds is 6. The third-order valence-corrected chi connectivity index (χ3v) is 3.38. The third kappa shape index (κ3) is 3.50. The molecule has 6 nitrogen and oxygen atoms in total. The summed E-state index contributed by atoms with van der Waals surface area (Å²) in [7, 11) is -3.62. The zero-order chi connectivity index (χ0) is 10.8. The lowest BCUT2D eigenvalue weighted by Crippen LogP contribution is -2.55. The number of nitrogens with one attached hydrogen (secondary N) is 2. The molecule has 0 aromatic rings. The summed E-state index contributed by atoms with van der Waals surface area (Å²) >= 11 is 0. The van der Waals surface area contributed by atoms with Crippen LogP contribution in [0.2, 0.25) is 0 Å². The fourth-order valence-corrected chi connectivity index (χ4v) is 2.40. The van der Waals surface area contributed by atoms with E-state index < -0.39 is 29.0 Å². The maximum absolute atomic E-state index is 11.4. The van der Waals surface area contributed by atoms with Gasteiger partial charge >= 0.3 is 0 Å². The lowest BCUT2D eigenvalue weighted by atomic mass is 10.1. The fraction of sp³-hybridized carbons (Fsp3) is 1.00. The van der Waals surface area contributed by atoms with Crippen LogP contribution in [-0.4, -0.2) is 43.4 Å². The van der Waals surface area contributed by atoms with Crippen molar-refractivity contribution in [2.45, 2.75) is 31.3 Å². The average Bonchev–Trinajstić information content (AvgIpc) is 2.86. The van der Waals surface area contributed by atoms with Gasteiger partial charge in [-0.1, -0.05) is 0 Å². The van der Waals surface area contributed by atoms with Crippen LogP contribution in [0, 0.1) is 0 Å². The first-order chi connectivity index (χ1) is 6.41. The Hall–Kier alpha value is -0.210. The van der Waals surface area contributed by atoms with Gasteiger partial charge in [-0.05, 0) is 19.8 Å². The molecule has 1 saturated carbocycles. The molecule has 0 atom stereocenters. The van der Waals surface area contributed by atoms with Crippen molar-refractivity contribution in [2.24, 2.45) is 0 Å². The predicted molar refractivity (Wildman–Crippen MR) is 50.8 cm³/mol. The molecule has 4 N–H and O–H groups in total. The summed E-state index contributed by atoms with van der Waals surface area (Å²) in [6.45, 7) is 0.531. The van der Waals surface area contributed by atoms with E-state index in [4.69, 9.17) is 10.2 Å². The molecule has 1 aliphatic rings. The molecular formula is C7H16N2O4S. The van der Waals surface area contributed by atoms with Gasteiger partial charge in [-0.3, -0.25) is 0 Å². The Morgan fingerprint density at radius 2 is 1.86 bits per heavy atom. The summed E-state index contributed by atoms with van der Waals surface area (Å²) < 4.78 is 27.3. The van der Waals surface area contributed by atoms with Crippen molar-refractivity contribution in [3.8, 4) is 0 Å². The van der Waals surface area contributed by atoms with Crippen molar-refractivity contribution < 1.29 is 18.6 Å². The average molecular weight is 224 g/mol. The minimum absolute atomic E-state index is 0.00846. The van der Waals surface area contributed by atoms with E-state index in [-0.39, 0.29) is 6.04 Å². The molecule has 0 bridgehead atoms. The molecule has 0 aromatic heterocycles. The number of hydrogen-bond acceptors (Lipinski definition) is 4. The Balaban J connectivity index is 2.55. The molecule has 1 aliphatic carbocycles. The standard InChI is InChI=1S/C7H16N2O4S/c1-7(4-10,5-11)9-14(12,13)8-6-2-3-6/h6,8-11H,2-5H2,1H3. The number of aliphatic hydroxyl groups is 2. The quantitative estimate of drug-likeness (QED) is 0.433. The highest BCUT2D eigenvalue weighted by Gasteiger charge is 2.32. The monoisotopic (exact) mass is 224 g/mol. The van der Waals surface area contributed by atoms with Gasteiger partial charge in [0, 0.05) is 6.04 Å². The second kappa shape index (κ2) is 4.11. The fourth-order valence-electron chi connectivity index (χ4n) is 0.889. The van der Waals surface area contributed by atoms with Gasteiger partial charge in [0.05, 0.1) is 18.8 Å². The number of aliphatic hydroxyl groups excluding tert-OH is 2. The molecule has 1 fully saturated rings. The van der Waals surface area contributed by atoms with E-state index in [1.165, 1.54) is 6.92 Å². The van der Waals surface area contributed by atoms with Crippen molar-refractivity contribution >= 4 is 10.2 Å². The maximum atomic E-state index is 11.4. The minimum atomic E-state index is -3.62. The highest BCUT2D eigenvalue weighted by Crippen LogP contribution is 2.19. The summed E-state index contributed by atoms with van der Waals surface area (Å²) in [6.07, 6.45) is 1.69. The second-order valence-corrected chi connectivity index (χ2v) is 5.32. The summed E-state index contributed by atoms with van der Waals surface area (Å²) in [4.78, 5) is 0. The minimum Gasteiger partial charge on any atom is -0.394 e. The summed E-state index contributed by atoms with van der Waals surface area (Å²) in [5.41, 5.74) is -1.21.